The predicted octanol–water partition coefficient (Wildman–Crippen LogP) is 9.77. The second-order valence-corrected chi connectivity index (χ2v) is 15.5. The van der Waals surface area contributed by atoms with Gasteiger partial charge in [0.15, 0.2) is 0 Å². The summed E-state index contributed by atoms with van der Waals surface area (Å²) < 4.78 is 2.59. The zero-order valence-corrected chi connectivity index (χ0v) is 28.1. The van der Waals surface area contributed by atoms with Crippen LogP contribution in [0.3, 0.4) is 0 Å². The molecule has 1 N–H and O–H groups in total. The summed E-state index contributed by atoms with van der Waals surface area (Å²) >= 11 is 0. The fourth-order valence-electron chi connectivity index (χ4n) is 6.22. The maximum absolute atomic E-state index is 5.25. The summed E-state index contributed by atoms with van der Waals surface area (Å²) in [5.41, 5.74) is 12.0. The van der Waals surface area contributed by atoms with Gasteiger partial charge in [0, 0.05) is 44.7 Å². The Morgan fingerprint density at radius 1 is 0.561 bits per heavy atom. The molecule has 2 aliphatic rings. The van der Waals surface area contributed by atoms with Crippen LogP contribution in [0.25, 0.3) is 46.4 Å². The van der Waals surface area contributed by atoms with Crippen LogP contribution in [0.15, 0.2) is 30.3 Å². The molecular weight excluding hydrogens is 543 g/mol. The van der Waals surface area contributed by atoms with E-state index in [9.17, 15) is 0 Å². The third-order valence-corrected chi connectivity index (χ3v) is 7.59. The Morgan fingerprint density at radius 3 is 1.51 bits per heavy atom. The number of fused-ring (bicyclic) bond motifs is 8. The minimum Gasteiger partial charge on any atom is -0.355 e. The van der Waals surface area contributed by atoms with Crippen molar-refractivity contribution in [2.24, 2.45) is 0 Å². The average molecular weight is 590 g/mol. The van der Waals surface area contributed by atoms with Crippen molar-refractivity contribution in [3.05, 3.63) is 69.8 Å². The van der Waals surface area contributed by atoms with Gasteiger partial charge in [0.05, 0.1) is 28.3 Å². The van der Waals surface area contributed by atoms with E-state index in [1.807, 2.05) is 0 Å². The van der Waals surface area contributed by atoms with Gasteiger partial charge in [-0.1, -0.05) is 62.3 Å². The summed E-state index contributed by atoms with van der Waals surface area (Å²) in [6.45, 7) is 28.0. The minimum atomic E-state index is -0.186. The zero-order valence-electron chi connectivity index (χ0n) is 26.9. The van der Waals surface area contributed by atoms with Crippen LogP contribution < -0.4 is 0 Å². The Kier molecular flexibility index (Phi) is 7.68. The number of aromatic amines is 1. The first kappa shape index (κ1) is 31.1. The van der Waals surface area contributed by atoms with Crippen LogP contribution in [0.2, 0.25) is 0 Å². The van der Waals surface area contributed by atoms with Gasteiger partial charge in [-0.25, -0.2) is 9.97 Å². The van der Waals surface area contributed by atoms with Crippen LogP contribution in [-0.4, -0.2) is 19.5 Å². The topological polar surface area (TPSA) is 46.5 Å². The molecule has 4 nitrogen and oxygen atoms in total. The molecule has 0 fully saturated rings. The Hall–Kier alpha value is -2.88. The van der Waals surface area contributed by atoms with Crippen molar-refractivity contribution in [2.45, 2.75) is 105 Å². The fourth-order valence-corrected chi connectivity index (χ4v) is 6.22. The van der Waals surface area contributed by atoms with E-state index in [0.717, 1.165) is 33.8 Å². The number of nitrogens with one attached hydrogen (secondary N) is 1. The van der Waals surface area contributed by atoms with Gasteiger partial charge >= 0.3 is 0 Å². The standard InChI is InChI=1S/C36H46N4.Mn/c1-33(2,3)29-27-18-17-25(39-27)20-24-14-13-22(37-24)19-23-15-16-26(38-23)21-28-30(34(4,5)6)31(35(7,8)9)32(29)40(28)36(10,11)12;/h13-21,37H,1-12H3;. The van der Waals surface area contributed by atoms with Crippen LogP contribution in [0.5, 0.6) is 0 Å². The normalized spacial score (nSPS) is 14.0. The summed E-state index contributed by atoms with van der Waals surface area (Å²) in [4.78, 5) is 13.8. The van der Waals surface area contributed by atoms with E-state index in [1.165, 1.54) is 27.7 Å². The first-order valence-electron chi connectivity index (χ1n) is 14.5. The second kappa shape index (κ2) is 10.1. The van der Waals surface area contributed by atoms with Crippen LogP contribution >= 0.6 is 0 Å². The first-order chi connectivity index (χ1) is 18.3. The molecule has 0 atom stereocenters. The maximum atomic E-state index is 5.25. The van der Waals surface area contributed by atoms with E-state index in [0.29, 0.717) is 0 Å². The molecule has 8 bridgehead atoms. The van der Waals surface area contributed by atoms with E-state index >= 15 is 0 Å². The molecule has 0 aliphatic carbocycles. The first-order valence-corrected chi connectivity index (χ1v) is 14.5. The number of aromatic nitrogens is 4. The number of H-pyrrole nitrogens is 1. The SMILES string of the molecule is CC(C)(C)c1c(C(C)(C)C)c2c(C(C)(C)C)c3nc(cc4ccc(cc5nc(cc1n2C(C)(C)C)C=C5)[nH]4)C=C3.[Mn]. The Labute approximate surface area is 256 Å². The largest absolute Gasteiger partial charge is 0.355 e. The van der Waals surface area contributed by atoms with Gasteiger partial charge in [0.2, 0.25) is 0 Å². The van der Waals surface area contributed by atoms with E-state index in [-0.39, 0.29) is 38.9 Å². The van der Waals surface area contributed by atoms with Gasteiger partial charge in [0.1, 0.15) is 0 Å². The van der Waals surface area contributed by atoms with E-state index in [2.05, 4.69) is 147 Å². The molecule has 3 aromatic rings. The van der Waals surface area contributed by atoms with Crippen molar-refractivity contribution < 1.29 is 17.1 Å². The van der Waals surface area contributed by atoms with Gasteiger partial charge < -0.3 is 9.55 Å². The molecule has 0 spiro atoms. The molecule has 3 aromatic heterocycles. The quantitative estimate of drug-likeness (QED) is 0.183. The van der Waals surface area contributed by atoms with Crippen molar-refractivity contribution in [1.82, 2.24) is 19.5 Å². The molecule has 0 saturated heterocycles. The predicted molar refractivity (Wildman–Crippen MR) is 174 cm³/mol. The van der Waals surface area contributed by atoms with Gasteiger partial charge in [-0.05, 0) is 103 Å². The second-order valence-electron chi connectivity index (χ2n) is 15.5. The van der Waals surface area contributed by atoms with Gasteiger partial charge in [-0.15, -0.1) is 0 Å². The molecule has 2 aliphatic heterocycles. The van der Waals surface area contributed by atoms with Crippen LogP contribution in [0.4, 0.5) is 0 Å². The molecule has 5 heteroatoms. The average Bonchev–Trinajstić information content (AvgIpc) is 3.54. The molecule has 0 aromatic carbocycles. The summed E-state index contributed by atoms with van der Waals surface area (Å²) in [5.74, 6) is 0. The fraction of sp³-hybridized carbons (Fsp3) is 0.444. The molecule has 41 heavy (non-hydrogen) atoms. The minimum absolute atomic E-state index is 0. The van der Waals surface area contributed by atoms with Crippen molar-refractivity contribution >= 4 is 46.4 Å². The number of rotatable bonds is 0. The summed E-state index contributed by atoms with van der Waals surface area (Å²) in [6.07, 6.45) is 8.60. The molecule has 217 valence electrons. The van der Waals surface area contributed by atoms with Crippen LogP contribution in [0.1, 0.15) is 123 Å². The number of nitrogens with zero attached hydrogens (tertiary/aromatic N) is 3. The van der Waals surface area contributed by atoms with Crippen molar-refractivity contribution in [3.63, 3.8) is 0 Å². The van der Waals surface area contributed by atoms with Gasteiger partial charge in [-0.2, -0.15) is 0 Å². The third-order valence-electron chi connectivity index (χ3n) is 7.59. The number of hydrogen-bond donors (Lipinski definition) is 1. The van der Waals surface area contributed by atoms with Crippen molar-refractivity contribution in [3.8, 4) is 0 Å². The summed E-state index contributed by atoms with van der Waals surface area (Å²) in [6, 6.07) is 10.8. The van der Waals surface area contributed by atoms with Crippen LogP contribution in [-0.2, 0) is 38.9 Å². The molecule has 1 radical (unpaired) electrons. The Morgan fingerprint density at radius 2 is 1.02 bits per heavy atom. The van der Waals surface area contributed by atoms with Gasteiger partial charge in [0.25, 0.3) is 0 Å². The molecule has 0 amide bonds. The van der Waals surface area contributed by atoms with E-state index < -0.39 is 0 Å². The molecule has 5 heterocycles. The van der Waals surface area contributed by atoms with E-state index in [4.69, 9.17) is 9.97 Å². The molecular formula is C36H46MnN4. The Balaban J connectivity index is 0.00000387. The van der Waals surface area contributed by atoms with Crippen molar-refractivity contribution in [2.75, 3.05) is 0 Å². The Bertz CT molecular complexity index is 1720. The monoisotopic (exact) mass is 589 g/mol. The number of hydrogen-bond acceptors (Lipinski definition) is 2. The van der Waals surface area contributed by atoms with Crippen LogP contribution in [0, 0.1) is 0 Å². The van der Waals surface area contributed by atoms with Gasteiger partial charge in [-0.3, -0.25) is 0 Å². The van der Waals surface area contributed by atoms with E-state index in [1.54, 1.807) is 0 Å². The third kappa shape index (κ3) is 5.90. The molecule has 5 rings (SSSR count). The molecule has 0 saturated carbocycles. The summed E-state index contributed by atoms with van der Waals surface area (Å²) in [5, 5.41) is 0. The van der Waals surface area contributed by atoms with Crippen molar-refractivity contribution in [1.29, 1.82) is 0 Å². The maximum Gasteiger partial charge on any atom is 0.0695 e. The summed E-state index contributed by atoms with van der Waals surface area (Å²) in [7, 11) is 0. The molecule has 0 unspecified atom stereocenters. The smallest absolute Gasteiger partial charge is 0.0695 e. The zero-order chi connectivity index (χ0) is 29.4.